The molecule has 1 aromatic heterocycles. The van der Waals surface area contributed by atoms with Gasteiger partial charge in [0.1, 0.15) is 12.1 Å². The van der Waals surface area contributed by atoms with Crippen LogP contribution in [0.4, 0.5) is 0 Å². The first-order chi connectivity index (χ1) is 15.8. The van der Waals surface area contributed by atoms with Crippen LogP contribution in [0, 0.1) is 0 Å². The molecule has 0 saturated carbocycles. The fraction of sp³-hybridized carbons (Fsp3) is 0.318. The molecule has 1 saturated heterocycles. The largest absolute Gasteiger partial charge is 0.497 e. The number of aromatic nitrogens is 3. The summed E-state index contributed by atoms with van der Waals surface area (Å²) in [5.74, 6) is -0.739. The zero-order valence-electron chi connectivity index (χ0n) is 18.0. The van der Waals surface area contributed by atoms with Gasteiger partial charge >= 0.3 is 5.97 Å². The first-order valence-electron chi connectivity index (χ1n) is 10.4. The summed E-state index contributed by atoms with van der Waals surface area (Å²) in [6.07, 6.45) is 1.17. The van der Waals surface area contributed by atoms with E-state index in [0.29, 0.717) is 24.6 Å². The predicted octanol–water partition coefficient (Wildman–Crippen LogP) is 2.47. The smallest absolute Gasteiger partial charge is 0.375 e. The minimum atomic E-state index is -3.41. The van der Waals surface area contributed by atoms with Crippen molar-refractivity contribution >= 4 is 13.3 Å². The molecule has 1 aliphatic rings. The highest BCUT2D eigenvalue weighted by molar-refractivity contribution is 7.57. The number of hydrogen-bond acceptors (Lipinski definition) is 7. The van der Waals surface area contributed by atoms with Crippen molar-refractivity contribution in [2.24, 2.45) is 0 Å². The van der Waals surface area contributed by atoms with Gasteiger partial charge in [0.2, 0.25) is 7.37 Å². The van der Waals surface area contributed by atoms with Crippen molar-refractivity contribution in [2.75, 3.05) is 26.4 Å². The molecule has 3 aromatic rings. The molecule has 0 amide bonds. The third kappa shape index (κ3) is 5.85. The molecule has 4 rings (SSSR count). The Morgan fingerprint density at radius 2 is 1.97 bits per heavy atom. The number of carboxylic acid groups (broad SMARTS) is 1. The van der Waals surface area contributed by atoms with Gasteiger partial charge in [-0.3, -0.25) is 4.57 Å². The topological polar surface area (TPSA) is 136 Å². The molecule has 33 heavy (non-hydrogen) atoms. The molecule has 0 aliphatic carbocycles. The minimum absolute atomic E-state index is 0.0553. The van der Waals surface area contributed by atoms with Crippen molar-refractivity contribution in [3.05, 3.63) is 71.8 Å². The number of aromatic carboxylic acids is 1. The van der Waals surface area contributed by atoms with Gasteiger partial charge in [0.05, 0.1) is 37.7 Å². The zero-order valence-corrected chi connectivity index (χ0v) is 18.9. The molecule has 2 aromatic carbocycles. The fourth-order valence-electron chi connectivity index (χ4n) is 3.70. The number of morpholine rings is 1. The molecule has 1 fully saturated rings. The fourth-order valence-corrected chi connectivity index (χ4v) is 5.48. The maximum Gasteiger partial charge on any atom is 0.375 e. The average Bonchev–Trinajstić information content (AvgIpc) is 3.31. The number of hydrogen-bond donors (Lipinski definition) is 3. The Hall–Kier alpha value is -3.04. The predicted molar refractivity (Wildman–Crippen MR) is 120 cm³/mol. The Balaban J connectivity index is 1.30. The van der Waals surface area contributed by atoms with Gasteiger partial charge in [-0.15, -0.1) is 5.10 Å². The molecule has 0 bridgehead atoms. The number of rotatable bonds is 8. The monoisotopic (exact) mass is 472 g/mol. The summed E-state index contributed by atoms with van der Waals surface area (Å²) < 4.78 is 25.1. The number of carboxylic acids is 1. The molecule has 0 radical (unpaired) electrons. The molecule has 174 valence electrons. The summed E-state index contributed by atoms with van der Waals surface area (Å²) in [6.45, 7) is 0.837. The molecule has 0 spiro atoms. The lowest BCUT2D eigenvalue weighted by atomic mass is 10.1. The molecule has 1 aliphatic heterocycles. The molecular formula is C22H25N4O6P. The van der Waals surface area contributed by atoms with Crippen LogP contribution in [0.2, 0.25) is 0 Å². The molecule has 3 atom stereocenters. The quantitative estimate of drug-likeness (QED) is 0.423. The van der Waals surface area contributed by atoms with Gasteiger partial charge in [-0.05, 0) is 35.4 Å². The van der Waals surface area contributed by atoms with Gasteiger partial charge in [0, 0.05) is 12.7 Å². The third-order valence-electron chi connectivity index (χ3n) is 5.41. The van der Waals surface area contributed by atoms with Gasteiger partial charge in [0.25, 0.3) is 5.82 Å². The van der Waals surface area contributed by atoms with E-state index in [9.17, 15) is 14.3 Å². The summed E-state index contributed by atoms with van der Waals surface area (Å²) in [4.78, 5) is 25.2. The Kier molecular flexibility index (Phi) is 6.90. The highest BCUT2D eigenvalue weighted by Crippen LogP contribution is 2.46. The van der Waals surface area contributed by atoms with Crippen LogP contribution >= 0.6 is 7.37 Å². The number of benzene rings is 2. The Morgan fingerprint density at radius 3 is 2.55 bits per heavy atom. The Bertz CT molecular complexity index is 1140. The van der Waals surface area contributed by atoms with Crippen LogP contribution in [-0.4, -0.2) is 63.3 Å². The SMILES string of the molecule is COc1ccc(CP(=O)(O)C[C@H]2CN[C@H](c3ccc(-n4cnc(C(=O)O)n4)cc3)CO2)cc1. The van der Waals surface area contributed by atoms with Crippen molar-refractivity contribution in [2.45, 2.75) is 18.3 Å². The van der Waals surface area contributed by atoms with E-state index >= 15 is 0 Å². The summed E-state index contributed by atoms with van der Waals surface area (Å²) in [5.41, 5.74) is 2.46. The minimum Gasteiger partial charge on any atom is -0.497 e. The normalized spacial score (nSPS) is 20.2. The van der Waals surface area contributed by atoms with Gasteiger partial charge in [0.15, 0.2) is 0 Å². The van der Waals surface area contributed by atoms with Crippen LogP contribution in [0.3, 0.4) is 0 Å². The molecular weight excluding hydrogens is 447 g/mol. The number of carbonyl (C=O) groups is 1. The first-order valence-corrected chi connectivity index (χ1v) is 12.4. The van der Waals surface area contributed by atoms with Gasteiger partial charge in [-0.25, -0.2) is 14.5 Å². The van der Waals surface area contributed by atoms with Gasteiger partial charge < -0.3 is 24.8 Å². The van der Waals surface area contributed by atoms with Crippen LogP contribution < -0.4 is 10.1 Å². The highest BCUT2D eigenvalue weighted by Gasteiger charge is 2.29. The second-order valence-corrected chi connectivity index (χ2v) is 10.2. The first kappa shape index (κ1) is 23.1. The maximum absolute atomic E-state index is 12.7. The summed E-state index contributed by atoms with van der Waals surface area (Å²) in [6, 6.07) is 14.5. The summed E-state index contributed by atoms with van der Waals surface area (Å²) in [5, 5.41) is 16.2. The van der Waals surface area contributed by atoms with E-state index in [4.69, 9.17) is 14.6 Å². The second-order valence-electron chi connectivity index (χ2n) is 7.86. The zero-order chi connectivity index (χ0) is 23.4. The maximum atomic E-state index is 12.7. The number of methoxy groups -OCH3 is 1. The molecule has 11 heteroatoms. The van der Waals surface area contributed by atoms with Crippen LogP contribution in [0.25, 0.3) is 5.69 Å². The van der Waals surface area contributed by atoms with Crippen molar-refractivity contribution in [3.8, 4) is 11.4 Å². The summed E-state index contributed by atoms with van der Waals surface area (Å²) >= 11 is 0. The van der Waals surface area contributed by atoms with E-state index in [0.717, 1.165) is 11.1 Å². The lowest BCUT2D eigenvalue weighted by molar-refractivity contribution is 0.0156. The van der Waals surface area contributed by atoms with Gasteiger partial charge in [-0.2, -0.15) is 0 Å². The number of nitrogens with one attached hydrogen (secondary N) is 1. The van der Waals surface area contributed by atoms with E-state index in [1.807, 2.05) is 24.3 Å². The van der Waals surface area contributed by atoms with E-state index in [2.05, 4.69) is 15.4 Å². The molecule has 3 N–H and O–H groups in total. The lowest BCUT2D eigenvalue weighted by Gasteiger charge is -2.31. The molecule has 2 heterocycles. The highest BCUT2D eigenvalue weighted by atomic mass is 31.2. The number of nitrogens with zero attached hydrogens (tertiary/aromatic N) is 3. The lowest BCUT2D eigenvalue weighted by Crippen LogP contribution is -2.42. The third-order valence-corrected chi connectivity index (χ3v) is 7.25. The van der Waals surface area contributed by atoms with Crippen LogP contribution in [0.5, 0.6) is 5.75 Å². The van der Waals surface area contributed by atoms with Crippen molar-refractivity contribution in [3.63, 3.8) is 0 Å². The number of ether oxygens (including phenoxy) is 2. The summed E-state index contributed by atoms with van der Waals surface area (Å²) in [7, 11) is -1.83. The van der Waals surface area contributed by atoms with E-state index in [-0.39, 0.29) is 30.3 Å². The standard InChI is InChI=1S/C22H25N4O6P/c1-31-18-8-2-15(3-9-18)12-33(29,30)13-19-10-23-20(11-32-19)16-4-6-17(7-5-16)26-14-24-21(25-26)22(27)28/h2-9,14,19-20,23H,10-13H2,1H3,(H,27,28)(H,29,30)/t19-,20+/m1/s1. The molecule has 1 unspecified atom stereocenters. The van der Waals surface area contributed by atoms with Crippen molar-refractivity contribution < 1.29 is 28.8 Å². The Labute approximate surface area is 190 Å². The second kappa shape index (κ2) is 9.84. The van der Waals surface area contributed by atoms with Crippen LogP contribution in [0.15, 0.2) is 54.9 Å². The van der Waals surface area contributed by atoms with Crippen molar-refractivity contribution in [1.82, 2.24) is 20.1 Å². The van der Waals surface area contributed by atoms with Gasteiger partial charge in [-0.1, -0.05) is 24.3 Å². The molecule has 10 nitrogen and oxygen atoms in total. The van der Waals surface area contributed by atoms with E-state index < -0.39 is 13.3 Å². The Morgan fingerprint density at radius 1 is 1.24 bits per heavy atom. The van der Waals surface area contributed by atoms with Crippen molar-refractivity contribution in [1.29, 1.82) is 0 Å². The van der Waals surface area contributed by atoms with E-state index in [1.165, 1.54) is 11.0 Å². The van der Waals surface area contributed by atoms with E-state index in [1.54, 1.807) is 31.4 Å². The van der Waals surface area contributed by atoms with Crippen LogP contribution in [-0.2, 0) is 15.5 Å². The van der Waals surface area contributed by atoms with Crippen LogP contribution in [0.1, 0.15) is 27.8 Å². The average molecular weight is 472 g/mol.